The molecule has 1 aromatic carbocycles. The topological polar surface area (TPSA) is 21.6 Å². The predicted molar refractivity (Wildman–Crippen MR) is 56.3 cm³/mol. The molecular weight excluding hydrogens is 182 g/mol. The molecular formula is C10H9NOS. The van der Waals surface area contributed by atoms with Gasteiger partial charge in [-0.25, -0.2) is 4.99 Å². The average Bonchev–Trinajstić information content (AvgIpc) is 2.39. The molecule has 0 N–H and O–H groups in total. The highest BCUT2D eigenvalue weighted by Crippen LogP contribution is 2.24. The maximum Gasteiger partial charge on any atom is 0.136 e. The molecule has 13 heavy (non-hydrogen) atoms. The number of aliphatic imine (C=N–C) groups is 1. The standard InChI is InChI=1S/C10H9NOS/c1-13-10-8-4-2-3-5-9(8)12-7-6-11-10/h2-7H,1H3. The minimum absolute atomic E-state index is 0.865. The second kappa shape index (κ2) is 3.66. The molecule has 0 fully saturated rings. The van der Waals surface area contributed by atoms with Gasteiger partial charge in [0.05, 0.1) is 6.20 Å². The number of thioether (sulfide) groups is 1. The van der Waals surface area contributed by atoms with Gasteiger partial charge in [0.1, 0.15) is 17.1 Å². The molecule has 2 rings (SSSR count). The minimum Gasteiger partial charge on any atom is -0.463 e. The zero-order chi connectivity index (χ0) is 9.10. The van der Waals surface area contributed by atoms with E-state index >= 15 is 0 Å². The van der Waals surface area contributed by atoms with Gasteiger partial charge in [-0.3, -0.25) is 0 Å². The van der Waals surface area contributed by atoms with Gasteiger partial charge in [-0.1, -0.05) is 12.1 Å². The lowest BCUT2D eigenvalue weighted by Crippen LogP contribution is -1.95. The summed E-state index contributed by atoms with van der Waals surface area (Å²) in [7, 11) is 0. The molecule has 1 aromatic rings. The fraction of sp³-hybridized carbons (Fsp3) is 0.100. The summed E-state index contributed by atoms with van der Waals surface area (Å²) in [6, 6.07) is 7.89. The van der Waals surface area contributed by atoms with Crippen molar-refractivity contribution in [3.63, 3.8) is 0 Å². The maximum atomic E-state index is 5.37. The first-order chi connectivity index (χ1) is 6.42. The second-order valence-corrected chi connectivity index (χ2v) is 3.33. The third-order valence-corrected chi connectivity index (χ3v) is 2.47. The summed E-state index contributed by atoms with van der Waals surface area (Å²) >= 11 is 1.62. The first-order valence-corrected chi connectivity index (χ1v) is 5.17. The molecule has 0 bridgehead atoms. The Morgan fingerprint density at radius 3 is 3.00 bits per heavy atom. The Balaban J connectivity index is 2.53. The van der Waals surface area contributed by atoms with Gasteiger partial charge in [0.15, 0.2) is 0 Å². The number of nitrogens with zero attached hydrogens (tertiary/aromatic N) is 1. The van der Waals surface area contributed by atoms with Crippen molar-refractivity contribution in [3.8, 4) is 5.75 Å². The lowest BCUT2D eigenvalue weighted by molar-refractivity contribution is 0.480. The second-order valence-electron chi connectivity index (χ2n) is 2.54. The molecule has 66 valence electrons. The van der Waals surface area contributed by atoms with Crippen molar-refractivity contribution >= 4 is 16.8 Å². The van der Waals surface area contributed by atoms with E-state index in [1.165, 1.54) is 0 Å². The lowest BCUT2D eigenvalue weighted by Gasteiger charge is -2.05. The van der Waals surface area contributed by atoms with Crippen LogP contribution in [-0.4, -0.2) is 11.3 Å². The van der Waals surface area contributed by atoms with E-state index in [0.29, 0.717) is 0 Å². The molecule has 0 saturated carbocycles. The van der Waals surface area contributed by atoms with Gasteiger partial charge in [-0.15, -0.1) is 11.8 Å². The van der Waals surface area contributed by atoms with Crippen molar-refractivity contribution in [2.45, 2.75) is 0 Å². The zero-order valence-electron chi connectivity index (χ0n) is 7.23. The molecule has 1 aliphatic rings. The van der Waals surface area contributed by atoms with Crippen LogP contribution >= 0.6 is 11.8 Å². The van der Waals surface area contributed by atoms with Crippen molar-refractivity contribution < 1.29 is 4.74 Å². The summed E-state index contributed by atoms with van der Waals surface area (Å²) in [4.78, 5) is 4.26. The van der Waals surface area contributed by atoms with E-state index in [-0.39, 0.29) is 0 Å². The molecule has 1 aliphatic heterocycles. The Bertz CT molecular complexity index is 371. The van der Waals surface area contributed by atoms with Gasteiger partial charge >= 0.3 is 0 Å². The van der Waals surface area contributed by atoms with E-state index in [1.807, 2.05) is 30.5 Å². The van der Waals surface area contributed by atoms with Gasteiger partial charge in [-0.2, -0.15) is 0 Å². The average molecular weight is 191 g/mol. The molecule has 3 heteroatoms. The van der Waals surface area contributed by atoms with Gasteiger partial charge in [0.2, 0.25) is 0 Å². The van der Waals surface area contributed by atoms with Crippen LogP contribution in [0.4, 0.5) is 0 Å². The summed E-state index contributed by atoms with van der Waals surface area (Å²) in [5, 5.41) is 0.990. The fourth-order valence-corrected chi connectivity index (χ4v) is 1.73. The quantitative estimate of drug-likeness (QED) is 0.628. The largest absolute Gasteiger partial charge is 0.463 e. The van der Waals surface area contributed by atoms with Crippen LogP contribution in [-0.2, 0) is 0 Å². The lowest BCUT2D eigenvalue weighted by atomic mass is 10.2. The van der Waals surface area contributed by atoms with Crippen LogP contribution in [0.25, 0.3) is 0 Å². The SMILES string of the molecule is CSC1=NC=COc2ccccc21. The van der Waals surface area contributed by atoms with Crippen LogP contribution in [0.5, 0.6) is 5.75 Å². The van der Waals surface area contributed by atoms with Gasteiger partial charge in [-0.05, 0) is 18.4 Å². The highest BCUT2D eigenvalue weighted by atomic mass is 32.2. The van der Waals surface area contributed by atoms with E-state index in [1.54, 1.807) is 24.2 Å². The number of para-hydroxylation sites is 1. The fourth-order valence-electron chi connectivity index (χ4n) is 1.18. The summed E-state index contributed by atoms with van der Waals surface area (Å²) in [6.07, 6.45) is 5.28. The first-order valence-electron chi connectivity index (χ1n) is 3.94. The normalized spacial score (nSPS) is 14.1. The van der Waals surface area contributed by atoms with Crippen LogP contribution in [0.1, 0.15) is 5.56 Å². The zero-order valence-corrected chi connectivity index (χ0v) is 8.04. The molecule has 0 aliphatic carbocycles. The Kier molecular flexibility index (Phi) is 2.36. The van der Waals surface area contributed by atoms with E-state index in [9.17, 15) is 0 Å². The number of hydrogen-bond donors (Lipinski definition) is 0. The van der Waals surface area contributed by atoms with Crippen molar-refractivity contribution in [1.82, 2.24) is 0 Å². The maximum absolute atomic E-state index is 5.37. The summed E-state index contributed by atoms with van der Waals surface area (Å²) in [5.41, 5.74) is 1.06. The molecule has 0 atom stereocenters. The molecule has 0 aromatic heterocycles. The highest BCUT2D eigenvalue weighted by molar-refractivity contribution is 8.13. The smallest absolute Gasteiger partial charge is 0.136 e. The van der Waals surface area contributed by atoms with Crippen molar-refractivity contribution in [2.75, 3.05) is 6.26 Å². The van der Waals surface area contributed by atoms with Crippen LogP contribution in [0.15, 0.2) is 41.7 Å². The monoisotopic (exact) mass is 191 g/mol. The van der Waals surface area contributed by atoms with Crippen LogP contribution in [0, 0.1) is 0 Å². The number of fused-ring (bicyclic) bond motifs is 1. The van der Waals surface area contributed by atoms with E-state index in [4.69, 9.17) is 4.74 Å². The van der Waals surface area contributed by atoms with Crippen LogP contribution in [0.3, 0.4) is 0 Å². The molecule has 0 radical (unpaired) electrons. The van der Waals surface area contributed by atoms with E-state index < -0.39 is 0 Å². The Labute approximate surface area is 81.3 Å². The Hall–Kier alpha value is -1.22. The van der Waals surface area contributed by atoms with Crippen molar-refractivity contribution in [3.05, 3.63) is 42.3 Å². The van der Waals surface area contributed by atoms with Crippen LogP contribution in [0.2, 0.25) is 0 Å². The number of ether oxygens (including phenoxy) is 1. The third kappa shape index (κ3) is 1.60. The molecule has 0 spiro atoms. The van der Waals surface area contributed by atoms with Crippen molar-refractivity contribution in [1.29, 1.82) is 0 Å². The molecule has 0 saturated heterocycles. The van der Waals surface area contributed by atoms with Gasteiger partial charge in [0, 0.05) is 5.56 Å². The number of rotatable bonds is 0. The number of hydrogen-bond acceptors (Lipinski definition) is 3. The first kappa shape index (κ1) is 8.38. The van der Waals surface area contributed by atoms with Crippen molar-refractivity contribution in [2.24, 2.45) is 4.99 Å². The summed E-state index contributed by atoms with van der Waals surface area (Å²) in [5.74, 6) is 0.865. The summed E-state index contributed by atoms with van der Waals surface area (Å²) < 4.78 is 5.37. The van der Waals surface area contributed by atoms with E-state index in [0.717, 1.165) is 16.4 Å². The third-order valence-electron chi connectivity index (χ3n) is 1.76. The Morgan fingerprint density at radius 1 is 1.31 bits per heavy atom. The Morgan fingerprint density at radius 2 is 2.15 bits per heavy atom. The minimum atomic E-state index is 0.865. The molecule has 0 amide bonds. The summed E-state index contributed by atoms with van der Waals surface area (Å²) in [6.45, 7) is 0. The molecule has 1 heterocycles. The number of benzene rings is 1. The highest BCUT2D eigenvalue weighted by Gasteiger charge is 2.09. The van der Waals surface area contributed by atoms with Gasteiger partial charge < -0.3 is 4.74 Å². The molecule has 2 nitrogen and oxygen atoms in total. The van der Waals surface area contributed by atoms with Gasteiger partial charge in [0.25, 0.3) is 0 Å². The predicted octanol–water partition coefficient (Wildman–Crippen LogP) is 2.66. The van der Waals surface area contributed by atoms with E-state index in [2.05, 4.69) is 4.99 Å². The molecule has 0 unspecified atom stereocenters. The van der Waals surface area contributed by atoms with Crippen LogP contribution < -0.4 is 4.74 Å².